The number of hydrogen-bond donors (Lipinski definition) is 2. The first-order valence-corrected chi connectivity index (χ1v) is 9.48. The molecular formula is C21H27N3O3. The van der Waals surface area contributed by atoms with Gasteiger partial charge < -0.3 is 20.1 Å². The van der Waals surface area contributed by atoms with Gasteiger partial charge >= 0.3 is 0 Å². The molecule has 0 aliphatic carbocycles. The minimum atomic E-state index is -0.192. The van der Waals surface area contributed by atoms with Gasteiger partial charge in [-0.3, -0.25) is 4.79 Å². The van der Waals surface area contributed by atoms with Crippen LogP contribution in [0.5, 0.6) is 5.88 Å². The van der Waals surface area contributed by atoms with E-state index in [2.05, 4.69) is 22.5 Å². The number of nitrogens with one attached hydrogen (secondary N) is 2. The maximum absolute atomic E-state index is 12.4. The molecule has 1 aliphatic rings. The molecule has 3 rings (SSSR count). The molecule has 0 bridgehead atoms. The van der Waals surface area contributed by atoms with Gasteiger partial charge in [-0.25, -0.2) is 4.98 Å². The Kier molecular flexibility index (Phi) is 6.42. The second kappa shape index (κ2) is 8.97. The molecule has 0 saturated carbocycles. The number of pyridine rings is 1. The van der Waals surface area contributed by atoms with Crippen LogP contribution in [0.1, 0.15) is 36.2 Å². The molecule has 1 aliphatic heterocycles. The predicted octanol–water partition coefficient (Wildman–Crippen LogP) is 3.04. The second-order valence-corrected chi connectivity index (χ2v) is 6.71. The molecule has 1 aromatic heterocycles. The lowest BCUT2D eigenvalue weighted by Gasteiger charge is -2.37. The molecule has 1 atom stereocenters. The average molecular weight is 369 g/mol. The molecule has 6 nitrogen and oxygen atoms in total. The molecule has 1 aromatic carbocycles. The smallest absolute Gasteiger partial charge is 0.257 e. The van der Waals surface area contributed by atoms with Crippen molar-refractivity contribution < 1.29 is 14.3 Å². The number of rotatable bonds is 7. The Morgan fingerprint density at radius 1 is 1.26 bits per heavy atom. The van der Waals surface area contributed by atoms with Crippen LogP contribution in [0.2, 0.25) is 0 Å². The third-order valence-electron chi connectivity index (χ3n) is 4.81. The summed E-state index contributed by atoms with van der Waals surface area (Å²) in [5.74, 6) is 0.325. The topological polar surface area (TPSA) is 72.5 Å². The standard InChI is InChI=1S/C21H27N3O3/c1-3-21(15-22-11-12-27-21)13-16-5-8-18(9-6-16)24-20(25)17-7-10-19(23-14-17)26-4-2/h5-10,14,22H,3-4,11-13,15H2,1-2H3,(H,24,25)/t21-/m1/s1. The molecule has 0 spiro atoms. The number of anilines is 1. The summed E-state index contributed by atoms with van der Waals surface area (Å²) in [6.45, 7) is 7.13. The van der Waals surface area contributed by atoms with E-state index in [1.54, 1.807) is 12.1 Å². The zero-order chi connectivity index (χ0) is 19.1. The Morgan fingerprint density at radius 2 is 2.07 bits per heavy atom. The molecule has 2 heterocycles. The van der Waals surface area contributed by atoms with Gasteiger partial charge in [-0.2, -0.15) is 0 Å². The molecule has 0 radical (unpaired) electrons. The monoisotopic (exact) mass is 369 g/mol. The van der Waals surface area contributed by atoms with Gasteiger partial charge in [0.1, 0.15) is 0 Å². The molecule has 0 unspecified atom stereocenters. The first-order chi connectivity index (χ1) is 13.1. The number of carbonyl (C=O) groups is 1. The molecule has 144 valence electrons. The van der Waals surface area contributed by atoms with Gasteiger partial charge in [0, 0.05) is 37.5 Å². The summed E-state index contributed by atoms with van der Waals surface area (Å²) in [4.78, 5) is 16.5. The Morgan fingerprint density at radius 3 is 2.67 bits per heavy atom. The quantitative estimate of drug-likeness (QED) is 0.785. The van der Waals surface area contributed by atoms with Crippen molar-refractivity contribution in [3.05, 3.63) is 53.7 Å². The van der Waals surface area contributed by atoms with E-state index in [0.29, 0.717) is 18.1 Å². The zero-order valence-electron chi connectivity index (χ0n) is 16.0. The maximum atomic E-state index is 12.4. The molecule has 1 fully saturated rings. The summed E-state index contributed by atoms with van der Waals surface area (Å²) < 4.78 is 11.3. The van der Waals surface area contributed by atoms with Gasteiger partial charge in [0.05, 0.1) is 24.4 Å². The molecule has 1 saturated heterocycles. The lowest BCUT2D eigenvalue weighted by molar-refractivity contribution is -0.0676. The summed E-state index contributed by atoms with van der Waals surface area (Å²) in [6.07, 6.45) is 3.34. The minimum Gasteiger partial charge on any atom is -0.478 e. The molecule has 27 heavy (non-hydrogen) atoms. The van der Waals surface area contributed by atoms with Crippen molar-refractivity contribution in [3.8, 4) is 5.88 Å². The van der Waals surface area contributed by atoms with Crippen LogP contribution < -0.4 is 15.4 Å². The van der Waals surface area contributed by atoms with E-state index in [1.807, 2.05) is 31.2 Å². The summed E-state index contributed by atoms with van der Waals surface area (Å²) in [6, 6.07) is 11.3. The van der Waals surface area contributed by atoms with Crippen LogP contribution in [-0.2, 0) is 11.2 Å². The van der Waals surface area contributed by atoms with Crippen molar-refractivity contribution in [1.82, 2.24) is 10.3 Å². The van der Waals surface area contributed by atoms with E-state index < -0.39 is 0 Å². The number of nitrogens with zero attached hydrogens (tertiary/aromatic N) is 1. The Balaban J connectivity index is 1.60. The highest BCUT2D eigenvalue weighted by atomic mass is 16.5. The third-order valence-corrected chi connectivity index (χ3v) is 4.81. The number of morpholine rings is 1. The summed E-state index contributed by atoms with van der Waals surface area (Å²) >= 11 is 0. The van der Waals surface area contributed by atoms with Crippen molar-refractivity contribution in [1.29, 1.82) is 0 Å². The van der Waals surface area contributed by atoms with Crippen LogP contribution in [0.15, 0.2) is 42.6 Å². The second-order valence-electron chi connectivity index (χ2n) is 6.71. The van der Waals surface area contributed by atoms with Crippen molar-refractivity contribution in [3.63, 3.8) is 0 Å². The van der Waals surface area contributed by atoms with E-state index in [-0.39, 0.29) is 11.5 Å². The van der Waals surface area contributed by atoms with Crippen LogP contribution in [0.3, 0.4) is 0 Å². The minimum absolute atomic E-state index is 0.142. The lowest BCUT2D eigenvalue weighted by atomic mass is 9.90. The van der Waals surface area contributed by atoms with Gasteiger partial charge in [-0.1, -0.05) is 19.1 Å². The molecule has 2 aromatic rings. The Labute approximate surface area is 160 Å². The highest BCUT2D eigenvalue weighted by Gasteiger charge is 2.31. The van der Waals surface area contributed by atoms with Crippen molar-refractivity contribution >= 4 is 11.6 Å². The van der Waals surface area contributed by atoms with Gasteiger partial charge in [0.2, 0.25) is 5.88 Å². The number of carbonyl (C=O) groups excluding carboxylic acids is 1. The molecule has 2 N–H and O–H groups in total. The van der Waals surface area contributed by atoms with Crippen molar-refractivity contribution in [2.75, 3.05) is 31.6 Å². The number of ether oxygens (including phenoxy) is 2. The summed E-state index contributed by atoms with van der Waals surface area (Å²) in [5, 5.41) is 6.32. The molecule has 6 heteroatoms. The van der Waals surface area contributed by atoms with E-state index in [1.165, 1.54) is 11.8 Å². The fraction of sp³-hybridized carbons (Fsp3) is 0.429. The maximum Gasteiger partial charge on any atom is 0.257 e. The average Bonchev–Trinajstić information content (AvgIpc) is 2.71. The first kappa shape index (κ1) is 19.3. The van der Waals surface area contributed by atoms with E-state index >= 15 is 0 Å². The summed E-state index contributed by atoms with van der Waals surface area (Å²) in [5.41, 5.74) is 2.30. The highest BCUT2D eigenvalue weighted by Crippen LogP contribution is 2.24. The van der Waals surface area contributed by atoms with Gasteiger partial charge in [0.25, 0.3) is 5.91 Å². The van der Waals surface area contributed by atoms with Gasteiger partial charge in [-0.15, -0.1) is 0 Å². The van der Waals surface area contributed by atoms with Crippen LogP contribution in [-0.4, -0.2) is 42.8 Å². The lowest BCUT2D eigenvalue weighted by Crippen LogP contribution is -2.50. The largest absolute Gasteiger partial charge is 0.478 e. The fourth-order valence-corrected chi connectivity index (χ4v) is 3.20. The van der Waals surface area contributed by atoms with Crippen LogP contribution in [0.4, 0.5) is 5.69 Å². The van der Waals surface area contributed by atoms with E-state index in [9.17, 15) is 4.79 Å². The SMILES string of the molecule is CCOc1ccc(C(=O)Nc2ccc(C[C@]3(CC)CNCCO3)cc2)cn1. The van der Waals surface area contributed by atoms with Gasteiger partial charge in [-0.05, 0) is 37.1 Å². The van der Waals surface area contributed by atoms with Crippen LogP contribution in [0.25, 0.3) is 0 Å². The normalized spacial score (nSPS) is 19.5. The number of amides is 1. The summed E-state index contributed by atoms with van der Waals surface area (Å²) in [7, 11) is 0. The number of aromatic nitrogens is 1. The third kappa shape index (κ3) is 5.05. The fourth-order valence-electron chi connectivity index (χ4n) is 3.20. The Bertz CT molecular complexity index is 738. The van der Waals surface area contributed by atoms with Gasteiger partial charge in [0.15, 0.2) is 0 Å². The predicted molar refractivity (Wildman–Crippen MR) is 105 cm³/mol. The number of hydrogen-bond acceptors (Lipinski definition) is 5. The van der Waals surface area contributed by atoms with E-state index in [0.717, 1.165) is 38.2 Å². The van der Waals surface area contributed by atoms with Crippen LogP contribution in [0, 0.1) is 0 Å². The first-order valence-electron chi connectivity index (χ1n) is 9.48. The molecular weight excluding hydrogens is 342 g/mol. The number of benzene rings is 1. The van der Waals surface area contributed by atoms with Crippen molar-refractivity contribution in [2.24, 2.45) is 0 Å². The zero-order valence-corrected chi connectivity index (χ0v) is 16.0. The van der Waals surface area contributed by atoms with E-state index in [4.69, 9.17) is 9.47 Å². The highest BCUT2D eigenvalue weighted by molar-refractivity contribution is 6.04. The van der Waals surface area contributed by atoms with Crippen LogP contribution >= 0.6 is 0 Å². The Hall–Kier alpha value is -2.44. The molecule has 1 amide bonds. The van der Waals surface area contributed by atoms with Crippen molar-refractivity contribution in [2.45, 2.75) is 32.3 Å².